The molecule has 1 unspecified atom stereocenters. The van der Waals surface area contributed by atoms with Gasteiger partial charge in [-0.05, 0) is 153 Å². The average molecular weight is 845 g/mol. The molecular weight excluding hydrogens is 805 g/mol. The van der Waals surface area contributed by atoms with Gasteiger partial charge in [-0.2, -0.15) is 0 Å². The van der Waals surface area contributed by atoms with Crippen LogP contribution in [0.5, 0.6) is 0 Å². The maximum absolute atomic E-state index is 6.74. The summed E-state index contributed by atoms with van der Waals surface area (Å²) in [7, 11) is 0. The van der Waals surface area contributed by atoms with E-state index in [1.807, 2.05) is 11.3 Å². The fourth-order valence-corrected chi connectivity index (χ4v) is 12.6. The van der Waals surface area contributed by atoms with Crippen molar-refractivity contribution in [2.45, 2.75) is 13.3 Å². The van der Waals surface area contributed by atoms with Gasteiger partial charge in [0, 0.05) is 30.9 Å². The van der Waals surface area contributed by atoms with Gasteiger partial charge in [-0.15, -0.1) is 11.3 Å². The van der Waals surface area contributed by atoms with Gasteiger partial charge >= 0.3 is 0 Å². The first-order chi connectivity index (χ1) is 32.1. The summed E-state index contributed by atoms with van der Waals surface area (Å²) in [4.78, 5) is 0. The molecule has 304 valence electrons. The van der Waals surface area contributed by atoms with Crippen LogP contribution < -0.4 is 10.4 Å². The highest BCUT2D eigenvalue weighted by Gasteiger charge is 2.25. The fraction of sp³-hybridized carbons (Fsp3) is 0.0476. The monoisotopic (exact) mass is 844 g/mol. The van der Waals surface area contributed by atoms with Crippen LogP contribution in [0.3, 0.4) is 0 Å². The predicted molar refractivity (Wildman–Crippen MR) is 278 cm³/mol. The molecule has 2 aromatic heterocycles. The molecule has 1 atom stereocenters. The first-order valence-electron chi connectivity index (χ1n) is 22.7. The van der Waals surface area contributed by atoms with Gasteiger partial charge in [0.2, 0.25) is 0 Å². The lowest BCUT2D eigenvalue weighted by Crippen LogP contribution is -2.35. The summed E-state index contributed by atoms with van der Waals surface area (Å²) in [6, 6.07) is 76.9. The molecule has 0 saturated heterocycles. The van der Waals surface area contributed by atoms with E-state index in [-0.39, 0.29) is 0 Å². The minimum Gasteiger partial charge on any atom is -0.456 e. The molecule has 2 heterocycles. The largest absolute Gasteiger partial charge is 0.456 e. The van der Waals surface area contributed by atoms with E-state index in [0.717, 1.165) is 28.4 Å². The Morgan fingerprint density at radius 2 is 1.02 bits per heavy atom. The lowest BCUT2D eigenvalue weighted by Gasteiger charge is -2.25. The van der Waals surface area contributed by atoms with Gasteiger partial charge in [0.1, 0.15) is 11.2 Å². The molecule has 1 aliphatic rings. The van der Waals surface area contributed by atoms with Crippen molar-refractivity contribution in [2.24, 2.45) is 5.92 Å². The zero-order chi connectivity index (χ0) is 42.8. The minimum atomic E-state index is 0.344. The number of benzene rings is 11. The van der Waals surface area contributed by atoms with Crippen molar-refractivity contribution >= 4 is 108 Å². The third kappa shape index (κ3) is 5.57. The molecule has 14 rings (SSSR count). The highest BCUT2D eigenvalue weighted by Crippen LogP contribution is 2.49. The van der Waals surface area contributed by atoms with Crippen molar-refractivity contribution in [2.75, 3.05) is 0 Å². The Kier molecular flexibility index (Phi) is 7.96. The minimum absolute atomic E-state index is 0.344. The van der Waals surface area contributed by atoms with Crippen LogP contribution in [-0.4, -0.2) is 0 Å². The first-order valence-corrected chi connectivity index (χ1v) is 23.5. The third-order valence-electron chi connectivity index (χ3n) is 14.3. The molecule has 0 aliphatic heterocycles. The topological polar surface area (TPSA) is 13.1 Å². The molecule has 2 heteroatoms. The SMILES string of the molecule is CC1CC(c2ccc3c(-c4ccc5c(c4)sc4cc6ccccc6cc45)c4ccccc4c(-c4cccc5oc6cc7ccccc7cc6c45)c3c2)=c2ccccc2=C1c1ccccc1. The number of fused-ring (bicyclic) bond motifs is 11. The summed E-state index contributed by atoms with van der Waals surface area (Å²) in [5, 5.41) is 17.5. The van der Waals surface area contributed by atoms with E-state index in [9.17, 15) is 0 Å². The van der Waals surface area contributed by atoms with Crippen LogP contribution in [0.15, 0.2) is 211 Å². The molecule has 11 aromatic carbocycles. The van der Waals surface area contributed by atoms with Crippen LogP contribution in [0.1, 0.15) is 24.5 Å². The van der Waals surface area contributed by atoms with Crippen LogP contribution >= 0.6 is 11.3 Å². The van der Waals surface area contributed by atoms with E-state index in [1.54, 1.807) is 0 Å². The second-order valence-corrected chi connectivity index (χ2v) is 19.0. The molecule has 1 aliphatic carbocycles. The molecule has 0 saturated carbocycles. The summed E-state index contributed by atoms with van der Waals surface area (Å²) in [6.07, 6.45) is 0.954. The highest BCUT2D eigenvalue weighted by atomic mass is 32.1. The smallest absolute Gasteiger partial charge is 0.136 e. The van der Waals surface area contributed by atoms with Crippen LogP contribution in [0.25, 0.3) is 119 Å². The fourth-order valence-electron chi connectivity index (χ4n) is 11.4. The number of rotatable bonds is 4. The van der Waals surface area contributed by atoms with Crippen molar-refractivity contribution < 1.29 is 4.42 Å². The molecular formula is C63H40OS. The molecule has 0 radical (unpaired) electrons. The summed E-state index contributed by atoms with van der Waals surface area (Å²) < 4.78 is 9.37. The summed E-state index contributed by atoms with van der Waals surface area (Å²) in [5.74, 6) is 0.344. The Hall–Kier alpha value is -7.78. The second-order valence-electron chi connectivity index (χ2n) is 17.9. The zero-order valence-electron chi connectivity index (χ0n) is 35.7. The van der Waals surface area contributed by atoms with E-state index in [1.165, 1.54) is 118 Å². The number of thiophene rings is 1. The van der Waals surface area contributed by atoms with E-state index < -0.39 is 0 Å². The summed E-state index contributed by atoms with van der Waals surface area (Å²) in [6.45, 7) is 2.40. The van der Waals surface area contributed by atoms with Gasteiger partial charge in [0.15, 0.2) is 0 Å². The lowest BCUT2D eigenvalue weighted by atomic mass is 9.79. The van der Waals surface area contributed by atoms with Crippen molar-refractivity contribution in [1.82, 2.24) is 0 Å². The lowest BCUT2D eigenvalue weighted by molar-refractivity contribution is 0.669. The number of hydrogen-bond acceptors (Lipinski definition) is 2. The van der Waals surface area contributed by atoms with Gasteiger partial charge in [-0.1, -0.05) is 171 Å². The Morgan fingerprint density at radius 3 is 1.82 bits per heavy atom. The van der Waals surface area contributed by atoms with Gasteiger partial charge in [0.05, 0.1) is 0 Å². The standard InChI is InChI=1S/C63H40OS/c1-37-30-52(45-20-9-10-21-47(45)60(37)38-14-3-2-4-15-38)43-26-29-50-54(33-43)62(51-24-13-25-56-63(51)55-32-40-17-5-7-18-41(40)34-57(55)64-56)49-23-12-11-22-48(49)61(50)44-27-28-46-53-31-39-16-6-8-19-42(39)35-59(53)65-58(46)36-44/h2-29,31-37H,30H2,1H3. The van der Waals surface area contributed by atoms with Crippen molar-refractivity contribution in [3.63, 3.8) is 0 Å². The molecule has 0 bridgehead atoms. The van der Waals surface area contributed by atoms with Crippen molar-refractivity contribution in [3.8, 4) is 22.3 Å². The average Bonchev–Trinajstić information content (AvgIpc) is 3.90. The second kappa shape index (κ2) is 14.1. The zero-order valence-corrected chi connectivity index (χ0v) is 36.5. The molecule has 1 nitrogen and oxygen atoms in total. The van der Waals surface area contributed by atoms with Crippen molar-refractivity contribution in [1.29, 1.82) is 0 Å². The summed E-state index contributed by atoms with van der Waals surface area (Å²) >= 11 is 1.90. The highest BCUT2D eigenvalue weighted by molar-refractivity contribution is 7.26. The Morgan fingerprint density at radius 1 is 0.400 bits per heavy atom. The molecule has 0 spiro atoms. The molecule has 0 N–H and O–H groups in total. The van der Waals surface area contributed by atoms with E-state index in [4.69, 9.17) is 4.42 Å². The Bertz CT molecular complexity index is 4280. The van der Waals surface area contributed by atoms with E-state index in [2.05, 4.69) is 213 Å². The molecule has 0 amide bonds. The van der Waals surface area contributed by atoms with Crippen LogP contribution in [0, 0.1) is 5.92 Å². The molecule has 13 aromatic rings. The van der Waals surface area contributed by atoms with Gasteiger partial charge in [0.25, 0.3) is 0 Å². The van der Waals surface area contributed by atoms with Crippen molar-refractivity contribution in [3.05, 3.63) is 228 Å². The third-order valence-corrected chi connectivity index (χ3v) is 15.4. The van der Waals surface area contributed by atoms with Crippen LogP contribution in [0.4, 0.5) is 0 Å². The maximum atomic E-state index is 6.74. The van der Waals surface area contributed by atoms with E-state index >= 15 is 0 Å². The molecule has 65 heavy (non-hydrogen) atoms. The predicted octanol–water partition coefficient (Wildman–Crippen LogP) is 16.3. The maximum Gasteiger partial charge on any atom is 0.136 e. The quantitative estimate of drug-likeness (QED) is 0.161. The Labute approximate surface area is 379 Å². The van der Waals surface area contributed by atoms with E-state index in [0.29, 0.717) is 5.92 Å². The van der Waals surface area contributed by atoms with Gasteiger partial charge in [-0.3, -0.25) is 0 Å². The van der Waals surface area contributed by atoms with Crippen LogP contribution in [-0.2, 0) is 0 Å². The number of furan rings is 1. The number of hydrogen-bond donors (Lipinski definition) is 0. The molecule has 0 fully saturated rings. The first kappa shape index (κ1) is 36.7. The summed E-state index contributed by atoms with van der Waals surface area (Å²) in [5.41, 5.74) is 12.2. The normalized spacial score (nSPS) is 14.3. The van der Waals surface area contributed by atoms with Crippen LogP contribution in [0.2, 0.25) is 0 Å². The van der Waals surface area contributed by atoms with Gasteiger partial charge < -0.3 is 4.42 Å². The Balaban J connectivity index is 1.09. The van der Waals surface area contributed by atoms with Gasteiger partial charge in [-0.25, -0.2) is 0 Å².